The lowest BCUT2D eigenvalue weighted by atomic mass is 10.0. The molecule has 132 valence electrons. The molecule has 0 saturated heterocycles. The van der Waals surface area contributed by atoms with E-state index in [0.717, 1.165) is 5.56 Å². The molecule has 0 aliphatic rings. The van der Waals surface area contributed by atoms with Crippen molar-refractivity contribution in [3.63, 3.8) is 0 Å². The number of carbonyl (C=O) groups excluding carboxylic acids is 1. The molecule has 0 fully saturated rings. The number of amides is 1. The van der Waals surface area contributed by atoms with Gasteiger partial charge in [-0.1, -0.05) is 42.1 Å². The Morgan fingerprint density at radius 2 is 2.00 bits per heavy atom. The van der Waals surface area contributed by atoms with Gasteiger partial charge in [0.25, 0.3) is 0 Å². The minimum absolute atomic E-state index is 0.211. The van der Waals surface area contributed by atoms with Gasteiger partial charge in [0, 0.05) is 13.0 Å². The Morgan fingerprint density at radius 3 is 2.58 bits per heavy atom. The predicted octanol–water partition coefficient (Wildman–Crippen LogP) is 0.584. The minimum Gasteiger partial charge on any atom is -0.480 e. The SMILES string of the molecule is CSC(N)=NCCC[C@H](N)C(=O)N[C@H](Cc1ccccc1)C(=O)O. The Labute approximate surface area is 145 Å². The zero-order chi connectivity index (χ0) is 17.9. The summed E-state index contributed by atoms with van der Waals surface area (Å²) in [5.74, 6) is -1.56. The zero-order valence-corrected chi connectivity index (χ0v) is 14.5. The minimum atomic E-state index is -1.09. The Kier molecular flexibility index (Phi) is 8.88. The second-order valence-corrected chi connectivity index (χ2v) is 6.09. The first-order chi connectivity index (χ1) is 11.4. The van der Waals surface area contributed by atoms with Crippen molar-refractivity contribution in [1.29, 1.82) is 0 Å². The summed E-state index contributed by atoms with van der Waals surface area (Å²) in [4.78, 5) is 27.5. The van der Waals surface area contributed by atoms with Gasteiger partial charge < -0.3 is 21.9 Å². The molecule has 7 nitrogen and oxygen atoms in total. The molecular weight excluding hydrogens is 328 g/mol. The molecule has 0 saturated carbocycles. The highest BCUT2D eigenvalue weighted by Crippen LogP contribution is 2.05. The first-order valence-corrected chi connectivity index (χ1v) is 8.83. The summed E-state index contributed by atoms with van der Waals surface area (Å²) in [6.07, 6.45) is 3.06. The lowest BCUT2D eigenvalue weighted by molar-refractivity contribution is -0.142. The van der Waals surface area contributed by atoms with E-state index in [2.05, 4.69) is 10.3 Å². The Morgan fingerprint density at radius 1 is 1.33 bits per heavy atom. The van der Waals surface area contributed by atoms with Gasteiger partial charge in [0.15, 0.2) is 5.17 Å². The van der Waals surface area contributed by atoms with Crippen LogP contribution < -0.4 is 16.8 Å². The topological polar surface area (TPSA) is 131 Å². The largest absolute Gasteiger partial charge is 0.480 e. The van der Waals surface area contributed by atoms with Crippen LogP contribution >= 0.6 is 11.8 Å². The van der Waals surface area contributed by atoms with E-state index in [-0.39, 0.29) is 6.42 Å². The maximum Gasteiger partial charge on any atom is 0.326 e. The molecule has 1 amide bonds. The fourth-order valence-corrected chi connectivity index (χ4v) is 2.25. The molecule has 24 heavy (non-hydrogen) atoms. The van der Waals surface area contributed by atoms with Gasteiger partial charge in [0.2, 0.25) is 5.91 Å². The first kappa shape index (κ1) is 20.0. The van der Waals surface area contributed by atoms with Crippen molar-refractivity contribution in [3.05, 3.63) is 35.9 Å². The fourth-order valence-electron chi connectivity index (χ4n) is 2.02. The molecule has 0 aromatic heterocycles. The molecule has 0 aliphatic carbocycles. The standard InChI is InChI=1S/C16H24N4O3S/c1-24-16(18)19-9-5-8-12(17)14(21)20-13(15(22)23)10-11-6-3-2-4-7-11/h2-4,6-7,12-13H,5,8-10,17H2,1H3,(H2,18,19)(H,20,21)(H,22,23)/t12-,13+/m0/s1. The number of carboxylic acid groups (broad SMARTS) is 1. The molecule has 2 atom stereocenters. The Hall–Kier alpha value is -2.06. The summed E-state index contributed by atoms with van der Waals surface area (Å²) in [5, 5.41) is 12.3. The zero-order valence-electron chi connectivity index (χ0n) is 13.6. The highest BCUT2D eigenvalue weighted by molar-refractivity contribution is 8.13. The normalized spacial score (nSPS) is 14.0. The fraction of sp³-hybridized carbons (Fsp3) is 0.438. The van der Waals surface area contributed by atoms with Crippen molar-refractivity contribution in [3.8, 4) is 0 Å². The van der Waals surface area contributed by atoms with Crippen LogP contribution in [0.25, 0.3) is 0 Å². The molecule has 8 heteroatoms. The van der Waals surface area contributed by atoms with Gasteiger partial charge in [-0.2, -0.15) is 0 Å². The number of nitrogens with one attached hydrogen (secondary N) is 1. The van der Waals surface area contributed by atoms with Gasteiger partial charge in [0.1, 0.15) is 6.04 Å². The van der Waals surface area contributed by atoms with Crippen molar-refractivity contribution < 1.29 is 14.7 Å². The summed E-state index contributed by atoms with van der Waals surface area (Å²) in [7, 11) is 0. The number of nitrogens with zero attached hydrogens (tertiary/aromatic N) is 1. The van der Waals surface area contributed by atoms with E-state index < -0.39 is 24.0 Å². The molecule has 0 spiro atoms. The van der Waals surface area contributed by atoms with Crippen LogP contribution in [0.5, 0.6) is 0 Å². The quantitative estimate of drug-likeness (QED) is 0.292. The van der Waals surface area contributed by atoms with Gasteiger partial charge in [-0.05, 0) is 24.7 Å². The molecular formula is C16H24N4O3S. The van der Waals surface area contributed by atoms with E-state index in [1.807, 2.05) is 36.6 Å². The van der Waals surface area contributed by atoms with Crippen LogP contribution in [0.15, 0.2) is 35.3 Å². The van der Waals surface area contributed by atoms with Gasteiger partial charge in [0.05, 0.1) is 6.04 Å². The van der Waals surface area contributed by atoms with Crippen LogP contribution in [0, 0.1) is 0 Å². The van der Waals surface area contributed by atoms with Crippen molar-refractivity contribution in [2.45, 2.75) is 31.3 Å². The van der Waals surface area contributed by atoms with Crippen LogP contribution in [0.4, 0.5) is 0 Å². The van der Waals surface area contributed by atoms with Crippen LogP contribution in [-0.4, -0.2) is 47.0 Å². The summed E-state index contributed by atoms with van der Waals surface area (Å²) in [6.45, 7) is 0.486. The molecule has 0 aliphatic heterocycles. The van der Waals surface area contributed by atoms with Crippen LogP contribution in [0.3, 0.4) is 0 Å². The third-order valence-corrected chi connectivity index (χ3v) is 3.93. The Balaban J connectivity index is 2.48. The van der Waals surface area contributed by atoms with E-state index in [0.29, 0.717) is 24.6 Å². The molecule has 1 rings (SSSR count). The number of aliphatic imine (C=N–C) groups is 1. The highest BCUT2D eigenvalue weighted by Gasteiger charge is 2.23. The average Bonchev–Trinajstić information content (AvgIpc) is 2.58. The van der Waals surface area contributed by atoms with Gasteiger partial charge in [-0.25, -0.2) is 4.79 Å². The second-order valence-electron chi connectivity index (χ2n) is 5.26. The Bertz CT molecular complexity index is 566. The van der Waals surface area contributed by atoms with Crippen LogP contribution in [-0.2, 0) is 16.0 Å². The van der Waals surface area contributed by atoms with Crippen molar-refractivity contribution in [1.82, 2.24) is 5.32 Å². The summed E-state index contributed by atoms with van der Waals surface area (Å²) < 4.78 is 0. The maximum absolute atomic E-state index is 12.1. The molecule has 0 bridgehead atoms. The number of thioether (sulfide) groups is 1. The average molecular weight is 352 g/mol. The van der Waals surface area contributed by atoms with E-state index in [1.165, 1.54) is 11.8 Å². The summed E-state index contributed by atoms with van der Waals surface area (Å²) in [5.41, 5.74) is 12.2. The van der Waals surface area contributed by atoms with Crippen molar-refractivity contribution in [2.24, 2.45) is 16.5 Å². The number of amidine groups is 1. The van der Waals surface area contributed by atoms with E-state index in [1.54, 1.807) is 0 Å². The number of benzene rings is 1. The number of carboxylic acids is 1. The predicted molar refractivity (Wildman–Crippen MR) is 96.9 cm³/mol. The summed E-state index contributed by atoms with van der Waals surface area (Å²) >= 11 is 1.35. The van der Waals surface area contributed by atoms with E-state index in [9.17, 15) is 14.7 Å². The third-order valence-electron chi connectivity index (χ3n) is 3.38. The maximum atomic E-state index is 12.1. The van der Waals surface area contributed by atoms with Gasteiger partial charge >= 0.3 is 5.97 Å². The number of hydrogen-bond donors (Lipinski definition) is 4. The first-order valence-electron chi connectivity index (χ1n) is 7.60. The lowest BCUT2D eigenvalue weighted by Crippen LogP contribution is -2.49. The number of nitrogens with two attached hydrogens (primary N) is 2. The molecule has 0 unspecified atom stereocenters. The number of rotatable bonds is 9. The smallest absolute Gasteiger partial charge is 0.326 e. The molecule has 1 aromatic carbocycles. The van der Waals surface area contributed by atoms with Crippen molar-refractivity contribution >= 4 is 28.8 Å². The second kappa shape index (κ2) is 10.7. The van der Waals surface area contributed by atoms with Gasteiger partial charge in [-0.3, -0.25) is 9.79 Å². The van der Waals surface area contributed by atoms with E-state index in [4.69, 9.17) is 11.5 Å². The highest BCUT2D eigenvalue weighted by atomic mass is 32.2. The van der Waals surface area contributed by atoms with Crippen LogP contribution in [0.2, 0.25) is 0 Å². The monoisotopic (exact) mass is 352 g/mol. The molecule has 1 aromatic rings. The number of aliphatic carboxylic acids is 1. The number of carbonyl (C=O) groups is 2. The summed E-state index contributed by atoms with van der Waals surface area (Å²) in [6, 6.07) is 7.35. The van der Waals surface area contributed by atoms with Crippen LogP contribution in [0.1, 0.15) is 18.4 Å². The molecule has 0 heterocycles. The third kappa shape index (κ3) is 7.47. The number of hydrogen-bond acceptors (Lipinski definition) is 5. The lowest BCUT2D eigenvalue weighted by Gasteiger charge is -2.17. The molecule has 0 radical (unpaired) electrons. The molecule has 6 N–H and O–H groups in total. The van der Waals surface area contributed by atoms with Crippen molar-refractivity contribution in [2.75, 3.05) is 12.8 Å². The van der Waals surface area contributed by atoms with Gasteiger partial charge in [-0.15, -0.1) is 0 Å². The van der Waals surface area contributed by atoms with E-state index >= 15 is 0 Å².